The summed E-state index contributed by atoms with van der Waals surface area (Å²) in [7, 11) is -1.40. The van der Waals surface area contributed by atoms with Crippen LogP contribution in [0.1, 0.15) is 11.1 Å². The standard InChI is InChI=1S/C14H12F3NOS/c15-14(16,17)11-3-1-2-10(8-11)9-20(19)13-6-4-12(18)5-7-13/h1-8H,9,18H2. The van der Waals surface area contributed by atoms with Gasteiger partial charge in [0.2, 0.25) is 0 Å². The molecule has 0 saturated heterocycles. The molecule has 6 heteroatoms. The van der Waals surface area contributed by atoms with Crippen molar-refractivity contribution in [3.8, 4) is 0 Å². The first-order valence-electron chi connectivity index (χ1n) is 5.76. The molecular formula is C14H12F3NOS. The maximum absolute atomic E-state index is 12.6. The third kappa shape index (κ3) is 3.60. The lowest BCUT2D eigenvalue weighted by Gasteiger charge is -2.08. The molecule has 1 atom stereocenters. The molecule has 0 aliphatic rings. The van der Waals surface area contributed by atoms with Crippen molar-refractivity contribution in [1.29, 1.82) is 0 Å². The second-order valence-electron chi connectivity index (χ2n) is 4.26. The fourth-order valence-electron chi connectivity index (χ4n) is 1.69. The van der Waals surface area contributed by atoms with Crippen LogP contribution in [-0.4, -0.2) is 4.21 Å². The molecule has 0 aliphatic carbocycles. The van der Waals surface area contributed by atoms with Crippen LogP contribution in [0.4, 0.5) is 18.9 Å². The second-order valence-corrected chi connectivity index (χ2v) is 5.71. The Morgan fingerprint density at radius 2 is 1.70 bits per heavy atom. The van der Waals surface area contributed by atoms with Crippen LogP contribution >= 0.6 is 0 Å². The maximum atomic E-state index is 12.6. The van der Waals surface area contributed by atoms with Crippen LogP contribution in [0.2, 0.25) is 0 Å². The average molecular weight is 299 g/mol. The zero-order chi connectivity index (χ0) is 14.8. The summed E-state index contributed by atoms with van der Waals surface area (Å²) in [4.78, 5) is 0.539. The summed E-state index contributed by atoms with van der Waals surface area (Å²) in [6.45, 7) is 0. The molecule has 0 aromatic heterocycles. The first-order chi connectivity index (χ1) is 9.36. The van der Waals surface area contributed by atoms with E-state index in [2.05, 4.69) is 0 Å². The van der Waals surface area contributed by atoms with Gasteiger partial charge in [0.25, 0.3) is 0 Å². The van der Waals surface area contributed by atoms with E-state index in [1.54, 1.807) is 24.3 Å². The lowest BCUT2D eigenvalue weighted by atomic mass is 10.1. The quantitative estimate of drug-likeness (QED) is 0.880. The first kappa shape index (κ1) is 14.6. The molecule has 1 unspecified atom stereocenters. The summed E-state index contributed by atoms with van der Waals surface area (Å²) in [5, 5.41) is 0. The van der Waals surface area contributed by atoms with Gasteiger partial charge in [0.15, 0.2) is 0 Å². The Hall–Kier alpha value is -1.82. The third-order valence-electron chi connectivity index (χ3n) is 2.70. The zero-order valence-corrected chi connectivity index (χ0v) is 11.2. The molecule has 106 valence electrons. The summed E-state index contributed by atoms with van der Waals surface area (Å²) in [5.74, 6) is 0.0356. The van der Waals surface area contributed by atoms with E-state index in [0.29, 0.717) is 16.1 Å². The predicted octanol–water partition coefficient (Wildman–Crippen LogP) is 3.60. The number of rotatable bonds is 3. The Balaban J connectivity index is 2.18. The normalized spacial score (nSPS) is 13.2. The number of hydrogen-bond acceptors (Lipinski definition) is 2. The van der Waals surface area contributed by atoms with Crippen molar-refractivity contribution in [2.24, 2.45) is 0 Å². The van der Waals surface area contributed by atoms with Gasteiger partial charge < -0.3 is 5.73 Å². The average Bonchev–Trinajstić information content (AvgIpc) is 2.38. The number of nitrogen functional groups attached to an aromatic ring is 1. The van der Waals surface area contributed by atoms with Gasteiger partial charge in [0.1, 0.15) is 0 Å². The van der Waals surface area contributed by atoms with Crippen LogP contribution in [0.5, 0.6) is 0 Å². The summed E-state index contributed by atoms with van der Waals surface area (Å²) in [6, 6.07) is 11.3. The van der Waals surface area contributed by atoms with E-state index in [1.165, 1.54) is 12.1 Å². The molecule has 2 nitrogen and oxygen atoms in total. The number of nitrogens with two attached hydrogens (primary N) is 1. The topological polar surface area (TPSA) is 43.1 Å². The van der Waals surface area contributed by atoms with Gasteiger partial charge in [-0.05, 0) is 35.9 Å². The summed E-state index contributed by atoms with van der Waals surface area (Å²) < 4.78 is 49.8. The van der Waals surface area contributed by atoms with Crippen molar-refractivity contribution >= 4 is 16.5 Å². The Kier molecular flexibility index (Phi) is 4.13. The Labute approximate surface area is 116 Å². The summed E-state index contributed by atoms with van der Waals surface area (Å²) in [6.07, 6.45) is -4.39. The SMILES string of the molecule is Nc1ccc(S(=O)Cc2cccc(C(F)(F)F)c2)cc1. The largest absolute Gasteiger partial charge is 0.416 e. The Morgan fingerprint density at radius 3 is 2.30 bits per heavy atom. The molecule has 0 aliphatic heterocycles. The molecule has 2 aromatic rings. The second kappa shape index (κ2) is 5.66. The molecule has 2 aromatic carbocycles. The van der Waals surface area contributed by atoms with Crippen molar-refractivity contribution in [2.45, 2.75) is 16.8 Å². The van der Waals surface area contributed by atoms with E-state index < -0.39 is 22.5 Å². The van der Waals surface area contributed by atoms with E-state index in [0.717, 1.165) is 12.1 Å². The maximum Gasteiger partial charge on any atom is 0.416 e. The monoisotopic (exact) mass is 299 g/mol. The minimum absolute atomic E-state index is 0.0356. The molecule has 2 N–H and O–H groups in total. The zero-order valence-electron chi connectivity index (χ0n) is 10.4. The lowest BCUT2D eigenvalue weighted by Crippen LogP contribution is -2.06. The molecular weight excluding hydrogens is 287 g/mol. The highest BCUT2D eigenvalue weighted by Crippen LogP contribution is 2.30. The van der Waals surface area contributed by atoms with E-state index in [-0.39, 0.29) is 5.75 Å². The molecule has 0 fully saturated rings. The van der Waals surface area contributed by atoms with Gasteiger partial charge in [-0.2, -0.15) is 13.2 Å². The number of alkyl halides is 3. The van der Waals surface area contributed by atoms with Crippen molar-refractivity contribution in [3.63, 3.8) is 0 Å². The van der Waals surface area contributed by atoms with Gasteiger partial charge >= 0.3 is 6.18 Å². The molecule has 0 heterocycles. The Morgan fingerprint density at radius 1 is 1.05 bits per heavy atom. The number of benzene rings is 2. The molecule has 0 spiro atoms. The van der Waals surface area contributed by atoms with Gasteiger partial charge in [-0.1, -0.05) is 18.2 Å². The van der Waals surface area contributed by atoms with Crippen LogP contribution in [0.25, 0.3) is 0 Å². The van der Waals surface area contributed by atoms with Crippen molar-refractivity contribution in [3.05, 3.63) is 59.7 Å². The number of anilines is 1. The van der Waals surface area contributed by atoms with E-state index in [1.807, 2.05) is 0 Å². The van der Waals surface area contributed by atoms with Gasteiger partial charge in [-0.3, -0.25) is 4.21 Å². The highest BCUT2D eigenvalue weighted by Gasteiger charge is 2.30. The van der Waals surface area contributed by atoms with Gasteiger partial charge in [-0.25, -0.2) is 0 Å². The molecule has 0 bridgehead atoms. The molecule has 0 saturated carbocycles. The first-order valence-corrected chi connectivity index (χ1v) is 7.08. The van der Waals surface area contributed by atoms with Crippen LogP contribution in [0.15, 0.2) is 53.4 Å². The summed E-state index contributed by atoms with van der Waals surface area (Å²) >= 11 is 0. The highest BCUT2D eigenvalue weighted by atomic mass is 32.2. The van der Waals surface area contributed by atoms with Crippen LogP contribution in [-0.2, 0) is 22.7 Å². The van der Waals surface area contributed by atoms with Crippen LogP contribution in [0, 0.1) is 0 Å². The van der Waals surface area contributed by atoms with E-state index >= 15 is 0 Å². The van der Waals surface area contributed by atoms with Gasteiger partial charge in [0.05, 0.1) is 22.1 Å². The predicted molar refractivity (Wildman–Crippen MR) is 72.4 cm³/mol. The molecule has 0 amide bonds. The van der Waals surface area contributed by atoms with Crippen LogP contribution < -0.4 is 5.73 Å². The van der Waals surface area contributed by atoms with E-state index in [9.17, 15) is 17.4 Å². The third-order valence-corrected chi connectivity index (χ3v) is 4.09. The van der Waals surface area contributed by atoms with Crippen molar-refractivity contribution in [2.75, 3.05) is 5.73 Å². The fraction of sp³-hybridized carbons (Fsp3) is 0.143. The number of halogens is 3. The van der Waals surface area contributed by atoms with E-state index in [4.69, 9.17) is 5.73 Å². The molecule has 20 heavy (non-hydrogen) atoms. The fourth-order valence-corrected chi connectivity index (χ4v) is 2.78. The Bertz CT molecular complexity index is 623. The van der Waals surface area contributed by atoms with Crippen molar-refractivity contribution in [1.82, 2.24) is 0 Å². The van der Waals surface area contributed by atoms with Gasteiger partial charge in [-0.15, -0.1) is 0 Å². The molecule has 0 radical (unpaired) electrons. The summed E-state index contributed by atoms with van der Waals surface area (Å²) in [5.41, 5.74) is 5.72. The van der Waals surface area contributed by atoms with Crippen LogP contribution in [0.3, 0.4) is 0 Å². The highest BCUT2D eigenvalue weighted by molar-refractivity contribution is 7.84. The molecule has 2 rings (SSSR count). The smallest absolute Gasteiger partial charge is 0.399 e. The van der Waals surface area contributed by atoms with Crippen molar-refractivity contribution < 1.29 is 17.4 Å². The minimum Gasteiger partial charge on any atom is -0.399 e. The lowest BCUT2D eigenvalue weighted by molar-refractivity contribution is -0.137. The minimum atomic E-state index is -4.39. The van der Waals surface area contributed by atoms with Gasteiger partial charge in [0, 0.05) is 10.6 Å². The number of hydrogen-bond donors (Lipinski definition) is 1.